The fourth-order valence-electron chi connectivity index (χ4n) is 4.03. The van der Waals surface area contributed by atoms with Crippen LogP contribution in [0, 0.1) is 0 Å². The number of fused-ring (bicyclic) bond motifs is 1. The van der Waals surface area contributed by atoms with E-state index in [1.54, 1.807) is 4.90 Å². The number of nitrogens with one attached hydrogen (secondary N) is 1. The van der Waals surface area contributed by atoms with Gasteiger partial charge in [-0.25, -0.2) is 9.78 Å². The van der Waals surface area contributed by atoms with E-state index in [4.69, 9.17) is 9.47 Å². The van der Waals surface area contributed by atoms with Crippen molar-refractivity contribution in [1.29, 1.82) is 0 Å². The number of carbonyl (C=O) groups is 1. The van der Waals surface area contributed by atoms with Crippen LogP contribution in [0.15, 0.2) is 18.3 Å². The fraction of sp³-hybridized carbons (Fsp3) is 0.739. The molecule has 6 heteroatoms. The van der Waals surface area contributed by atoms with E-state index in [-0.39, 0.29) is 12.2 Å². The Morgan fingerprint density at radius 1 is 1.24 bits per heavy atom. The normalized spacial score (nSPS) is 21.6. The standard InChI is InChI=1S/C23H37N3O3/c1-23(2,3)29-22(27)26-15-13-20(17-26)28-16-7-5-4-6-10-19-12-11-18-9-8-14-24-21(18)25-19/h8-9,14,19-20H,4-7,10-13,15-17H2,1-3H3,(H,24,25)/t19?,20-/m1/s1. The Kier molecular flexibility index (Phi) is 7.76. The highest BCUT2D eigenvalue weighted by atomic mass is 16.6. The zero-order chi connectivity index (χ0) is 20.7. The van der Waals surface area contributed by atoms with Crippen LogP contribution in [0.1, 0.15) is 71.3 Å². The maximum Gasteiger partial charge on any atom is 0.410 e. The number of unbranched alkanes of at least 4 members (excludes halogenated alkanes) is 3. The molecule has 3 heterocycles. The zero-order valence-corrected chi connectivity index (χ0v) is 18.3. The topological polar surface area (TPSA) is 63.7 Å². The van der Waals surface area contributed by atoms with Crippen molar-refractivity contribution in [3.63, 3.8) is 0 Å². The monoisotopic (exact) mass is 403 g/mol. The van der Waals surface area contributed by atoms with Crippen molar-refractivity contribution < 1.29 is 14.3 Å². The van der Waals surface area contributed by atoms with Gasteiger partial charge in [0.2, 0.25) is 0 Å². The molecule has 29 heavy (non-hydrogen) atoms. The molecule has 0 saturated carbocycles. The van der Waals surface area contributed by atoms with Gasteiger partial charge in [0.15, 0.2) is 0 Å². The van der Waals surface area contributed by atoms with Crippen LogP contribution in [0.4, 0.5) is 10.6 Å². The number of rotatable bonds is 8. The molecule has 0 aliphatic carbocycles. The minimum absolute atomic E-state index is 0.154. The van der Waals surface area contributed by atoms with Crippen LogP contribution in [0.25, 0.3) is 0 Å². The Bertz CT molecular complexity index is 659. The van der Waals surface area contributed by atoms with Gasteiger partial charge in [0, 0.05) is 25.4 Å². The number of carbonyl (C=O) groups excluding carboxylic acids is 1. The second-order valence-corrected chi connectivity index (χ2v) is 9.30. The summed E-state index contributed by atoms with van der Waals surface area (Å²) < 4.78 is 11.4. The van der Waals surface area contributed by atoms with Gasteiger partial charge < -0.3 is 19.7 Å². The highest BCUT2D eigenvalue weighted by molar-refractivity contribution is 5.68. The van der Waals surface area contributed by atoms with Crippen LogP contribution >= 0.6 is 0 Å². The van der Waals surface area contributed by atoms with Crippen molar-refractivity contribution in [2.24, 2.45) is 0 Å². The summed E-state index contributed by atoms with van der Waals surface area (Å²) in [5.74, 6) is 1.08. The van der Waals surface area contributed by atoms with Gasteiger partial charge in [0.05, 0.1) is 12.6 Å². The quantitative estimate of drug-likeness (QED) is 0.633. The summed E-state index contributed by atoms with van der Waals surface area (Å²) in [6.45, 7) is 7.86. The van der Waals surface area contributed by atoms with E-state index < -0.39 is 5.60 Å². The summed E-state index contributed by atoms with van der Waals surface area (Å²) in [5.41, 5.74) is 0.904. The second-order valence-electron chi connectivity index (χ2n) is 9.30. The van der Waals surface area contributed by atoms with E-state index in [0.29, 0.717) is 12.6 Å². The molecule has 0 aromatic carbocycles. The molecule has 6 nitrogen and oxygen atoms in total. The van der Waals surface area contributed by atoms with Gasteiger partial charge in [-0.05, 0) is 64.5 Å². The van der Waals surface area contributed by atoms with E-state index >= 15 is 0 Å². The molecule has 1 saturated heterocycles. The fourth-order valence-corrected chi connectivity index (χ4v) is 4.03. The maximum atomic E-state index is 12.1. The number of pyridine rings is 1. The van der Waals surface area contributed by atoms with Crippen molar-refractivity contribution in [1.82, 2.24) is 9.88 Å². The Balaban J connectivity index is 1.20. The van der Waals surface area contributed by atoms with E-state index in [0.717, 1.165) is 38.2 Å². The Morgan fingerprint density at radius 2 is 2.07 bits per heavy atom. The number of nitrogens with zero attached hydrogens (tertiary/aromatic N) is 2. The van der Waals surface area contributed by atoms with Crippen molar-refractivity contribution in [3.8, 4) is 0 Å². The second kappa shape index (κ2) is 10.3. The Hall–Kier alpha value is -1.82. The van der Waals surface area contributed by atoms with Gasteiger partial charge in [-0.1, -0.05) is 25.3 Å². The Morgan fingerprint density at radius 3 is 2.90 bits per heavy atom. The van der Waals surface area contributed by atoms with Crippen LogP contribution < -0.4 is 5.32 Å². The van der Waals surface area contributed by atoms with E-state index in [1.165, 1.54) is 37.7 Å². The molecule has 0 radical (unpaired) electrons. The largest absolute Gasteiger partial charge is 0.444 e. The van der Waals surface area contributed by atoms with Crippen LogP contribution in [0.3, 0.4) is 0 Å². The van der Waals surface area contributed by atoms with Gasteiger partial charge in [-0.15, -0.1) is 0 Å². The summed E-state index contributed by atoms with van der Waals surface area (Å²) >= 11 is 0. The smallest absolute Gasteiger partial charge is 0.410 e. The number of amides is 1. The molecule has 2 aliphatic rings. The first-order valence-electron chi connectivity index (χ1n) is 11.2. The van der Waals surface area contributed by atoms with Gasteiger partial charge >= 0.3 is 6.09 Å². The van der Waals surface area contributed by atoms with Crippen LogP contribution in [-0.2, 0) is 15.9 Å². The summed E-state index contributed by atoms with van der Waals surface area (Å²) in [6, 6.07) is 4.75. The highest BCUT2D eigenvalue weighted by Gasteiger charge is 2.30. The summed E-state index contributed by atoms with van der Waals surface area (Å²) in [6.07, 6.45) is 11.0. The average Bonchev–Trinajstić information content (AvgIpc) is 3.15. The zero-order valence-electron chi connectivity index (χ0n) is 18.3. The maximum absolute atomic E-state index is 12.1. The number of likely N-dealkylation sites (tertiary alicyclic amines) is 1. The van der Waals surface area contributed by atoms with Crippen molar-refractivity contribution >= 4 is 11.9 Å². The molecule has 1 amide bonds. The lowest BCUT2D eigenvalue weighted by molar-refractivity contribution is 0.0206. The van der Waals surface area contributed by atoms with Crippen LogP contribution in [-0.4, -0.2) is 53.4 Å². The van der Waals surface area contributed by atoms with Crippen molar-refractivity contribution in [2.75, 3.05) is 25.0 Å². The van der Waals surface area contributed by atoms with Crippen molar-refractivity contribution in [2.45, 2.75) is 89.9 Å². The lowest BCUT2D eigenvalue weighted by atomic mass is 9.96. The molecule has 1 unspecified atom stereocenters. The third-order valence-corrected chi connectivity index (χ3v) is 5.59. The lowest BCUT2D eigenvalue weighted by Gasteiger charge is -2.26. The van der Waals surface area contributed by atoms with E-state index in [1.807, 2.05) is 33.0 Å². The highest BCUT2D eigenvalue weighted by Crippen LogP contribution is 2.24. The molecule has 1 aromatic heterocycles. The first kappa shape index (κ1) is 21.9. The van der Waals surface area contributed by atoms with E-state index in [2.05, 4.69) is 16.4 Å². The molecular weight excluding hydrogens is 366 g/mol. The molecule has 2 aliphatic heterocycles. The van der Waals surface area contributed by atoms with Crippen molar-refractivity contribution in [3.05, 3.63) is 23.9 Å². The summed E-state index contributed by atoms with van der Waals surface area (Å²) in [7, 11) is 0. The minimum Gasteiger partial charge on any atom is -0.444 e. The summed E-state index contributed by atoms with van der Waals surface area (Å²) in [5, 5.41) is 3.59. The van der Waals surface area contributed by atoms with Gasteiger partial charge in [0.1, 0.15) is 11.4 Å². The first-order valence-corrected chi connectivity index (χ1v) is 11.2. The molecule has 2 atom stereocenters. The number of ether oxygens (including phenoxy) is 2. The molecule has 1 aromatic rings. The summed E-state index contributed by atoms with van der Waals surface area (Å²) in [4.78, 5) is 18.3. The van der Waals surface area contributed by atoms with Gasteiger partial charge in [0.25, 0.3) is 0 Å². The molecule has 1 fully saturated rings. The molecule has 0 spiro atoms. The SMILES string of the molecule is CC(C)(C)OC(=O)N1CC[C@@H](OCCCCCCC2CCc3cccnc3N2)C1. The number of aryl methyl sites for hydroxylation is 1. The number of hydrogen-bond acceptors (Lipinski definition) is 5. The third-order valence-electron chi connectivity index (χ3n) is 5.59. The molecule has 1 N–H and O–H groups in total. The molecule has 162 valence electrons. The van der Waals surface area contributed by atoms with E-state index in [9.17, 15) is 4.79 Å². The third kappa shape index (κ3) is 7.18. The molecule has 0 bridgehead atoms. The van der Waals surface area contributed by atoms with Crippen LogP contribution in [0.5, 0.6) is 0 Å². The predicted molar refractivity (Wildman–Crippen MR) is 115 cm³/mol. The number of anilines is 1. The number of hydrogen-bond donors (Lipinski definition) is 1. The average molecular weight is 404 g/mol. The minimum atomic E-state index is -0.441. The van der Waals surface area contributed by atoms with Gasteiger partial charge in [-0.2, -0.15) is 0 Å². The first-order chi connectivity index (χ1) is 13.9. The predicted octanol–water partition coefficient (Wildman–Crippen LogP) is 4.78. The Labute approximate surface area is 175 Å². The lowest BCUT2D eigenvalue weighted by Crippen LogP contribution is -2.36. The number of aromatic nitrogens is 1. The van der Waals surface area contributed by atoms with Crippen LogP contribution in [0.2, 0.25) is 0 Å². The molecular formula is C23H37N3O3. The molecule has 3 rings (SSSR count). The van der Waals surface area contributed by atoms with Gasteiger partial charge in [-0.3, -0.25) is 0 Å².